The van der Waals surface area contributed by atoms with Crippen LogP contribution in [0.2, 0.25) is 0 Å². The molecule has 0 aliphatic heterocycles. The van der Waals surface area contributed by atoms with E-state index in [0.717, 1.165) is 0 Å². The zero-order valence-electron chi connectivity index (χ0n) is 13.9. The summed E-state index contributed by atoms with van der Waals surface area (Å²) in [6, 6.07) is -0.723. The molecule has 7 nitrogen and oxygen atoms in total. The van der Waals surface area contributed by atoms with Crippen molar-refractivity contribution in [2.24, 2.45) is 5.92 Å². The summed E-state index contributed by atoms with van der Waals surface area (Å²) in [7, 11) is 0. The lowest BCUT2D eigenvalue weighted by molar-refractivity contribution is -0.139. The highest BCUT2D eigenvalue weighted by Crippen LogP contribution is 2.06. The molecule has 0 spiro atoms. The molecule has 0 saturated carbocycles. The van der Waals surface area contributed by atoms with Gasteiger partial charge in [0.1, 0.15) is 11.6 Å². The molecular formula is C14H27N3O4S. The lowest BCUT2D eigenvalue weighted by Crippen LogP contribution is -2.48. The van der Waals surface area contributed by atoms with Crippen LogP contribution in [0.25, 0.3) is 0 Å². The number of ether oxygens (including phenoxy) is 1. The predicted octanol–water partition coefficient (Wildman–Crippen LogP) is 1.47. The van der Waals surface area contributed by atoms with Crippen LogP contribution in [-0.4, -0.2) is 47.0 Å². The maximum atomic E-state index is 11.4. The van der Waals surface area contributed by atoms with Crippen molar-refractivity contribution >= 4 is 29.4 Å². The fourth-order valence-electron chi connectivity index (χ4n) is 1.56. The maximum Gasteiger partial charge on any atom is 0.407 e. The second-order valence-electron chi connectivity index (χ2n) is 6.35. The summed E-state index contributed by atoms with van der Waals surface area (Å²) < 4.78 is 5.08. The number of amides is 1. The molecule has 0 fully saturated rings. The highest BCUT2D eigenvalue weighted by atomic mass is 32.1. The molecule has 0 aliphatic carbocycles. The Morgan fingerprint density at radius 1 is 1.18 bits per heavy atom. The van der Waals surface area contributed by atoms with E-state index in [1.54, 1.807) is 20.8 Å². The minimum Gasteiger partial charge on any atom is -0.480 e. The summed E-state index contributed by atoms with van der Waals surface area (Å²) in [6.07, 6.45) is -0.0239. The molecule has 0 saturated heterocycles. The minimum absolute atomic E-state index is 0.241. The van der Waals surface area contributed by atoms with E-state index in [9.17, 15) is 9.59 Å². The summed E-state index contributed by atoms with van der Waals surface area (Å²) in [4.78, 5) is 22.5. The minimum atomic E-state index is -0.940. The second kappa shape index (κ2) is 9.45. The first kappa shape index (κ1) is 20.4. The first-order valence-corrected chi connectivity index (χ1v) is 7.66. The summed E-state index contributed by atoms with van der Waals surface area (Å²) >= 11 is 5.04. The van der Waals surface area contributed by atoms with E-state index in [0.29, 0.717) is 19.5 Å². The van der Waals surface area contributed by atoms with Crippen molar-refractivity contribution in [3.63, 3.8) is 0 Å². The van der Waals surface area contributed by atoms with Crippen LogP contribution >= 0.6 is 12.2 Å². The number of carboxylic acid groups (broad SMARTS) is 1. The van der Waals surface area contributed by atoms with E-state index >= 15 is 0 Å². The molecule has 0 aromatic heterocycles. The number of nitrogens with one attached hydrogen (secondary N) is 3. The number of hydrogen-bond acceptors (Lipinski definition) is 4. The van der Waals surface area contributed by atoms with E-state index in [-0.39, 0.29) is 11.0 Å². The fraction of sp³-hybridized carbons (Fsp3) is 0.786. The third kappa shape index (κ3) is 11.1. The van der Waals surface area contributed by atoms with Gasteiger partial charge in [-0.3, -0.25) is 0 Å². The summed E-state index contributed by atoms with van der Waals surface area (Å²) in [5, 5.41) is 17.5. The molecule has 1 amide bonds. The van der Waals surface area contributed by atoms with Gasteiger partial charge in [0, 0.05) is 13.1 Å². The number of aliphatic carboxylic acids is 1. The molecule has 0 aliphatic rings. The Morgan fingerprint density at radius 3 is 2.18 bits per heavy atom. The first-order valence-electron chi connectivity index (χ1n) is 7.25. The molecule has 0 rings (SSSR count). The number of hydrogen-bond donors (Lipinski definition) is 4. The summed E-state index contributed by atoms with van der Waals surface area (Å²) in [6.45, 7) is 9.93. The summed E-state index contributed by atoms with van der Waals surface area (Å²) in [5.41, 5.74) is -0.542. The van der Waals surface area contributed by atoms with Crippen molar-refractivity contribution < 1.29 is 19.4 Å². The van der Waals surface area contributed by atoms with Crippen molar-refractivity contribution in [2.75, 3.05) is 13.1 Å². The molecule has 0 heterocycles. The van der Waals surface area contributed by atoms with Gasteiger partial charge >= 0.3 is 12.1 Å². The number of carboxylic acids is 1. The number of thiocarbonyl (C=S) groups is 1. The molecule has 8 heteroatoms. The van der Waals surface area contributed by atoms with Gasteiger partial charge in [-0.1, -0.05) is 13.8 Å². The lowest BCUT2D eigenvalue weighted by Gasteiger charge is -2.20. The van der Waals surface area contributed by atoms with Gasteiger partial charge in [-0.2, -0.15) is 0 Å². The van der Waals surface area contributed by atoms with Gasteiger partial charge in [0.15, 0.2) is 5.11 Å². The zero-order valence-corrected chi connectivity index (χ0v) is 14.7. The predicted molar refractivity (Wildman–Crippen MR) is 88.9 cm³/mol. The Balaban J connectivity index is 3.98. The number of carbonyl (C=O) groups excluding carboxylic acids is 1. The van der Waals surface area contributed by atoms with Crippen LogP contribution in [0.5, 0.6) is 0 Å². The molecular weight excluding hydrogens is 306 g/mol. The maximum absolute atomic E-state index is 11.4. The Hall–Kier alpha value is -1.57. The number of rotatable bonds is 7. The highest BCUT2D eigenvalue weighted by Gasteiger charge is 2.19. The molecule has 1 unspecified atom stereocenters. The molecule has 1 atom stereocenters. The monoisotopic (exact) mass is 333 g/mol. The smallest absolute Gasteiger partial charge is 0.407 e. The van der Waals surface area contributed by atoms with E-state index < -0.39 is 23.7 Å². The van der Waals surface area contributed by atoms with E-state index in [1.165, 1.54) is 0 Å². The normalized spacial score (nSPS) is 12.5. The summed E-state index contributed by atoms with van der Waals surface area (Å²) in [5.74, 6) is -0.699. The second-order valence-corrected chi connectivity index (χ2v) is 6.76. The molecule has 22 heavy (non-hydrogen) atoms. The fourth-order valence-corrected chi connectivity index (χ4v) is 1.80. The van der Waals surface area contributed by atoms with Crippen molar-refractivity contribution in [2.45, 2.75) is 52.7 Å². The van der Waals surface area contributed by atoms with Crippen LogP contribution in [0, 0.1) is 5.92 Å². The van der Waals surface area contributed by atoms with Crippen LogP contribution in [-0.2, 0) is 9.53 Å². The van der Waals surface area contributed by atoms with Gasteiger partial charge in [-0.05, 0) is 45.3 Å². The van der Waals surface area contributed by atoms with Gasteiger partial charge in [-0.15, -0.1) is 0 Å². The van der Waals surface area contributed by atoms with Gasteiger partial charge in [0.05, 0.1) is 0 Å². The molecule has 0 radical (unpaired) electrons. The van der Waals surface area contributed by atoms with Gasteiger partial charge in [0.2, 0.25) is 0 Å². The van der Waals surface area contributed by atoms with Crippen LogP contribution in [0.3, 0.4) is 0 Å². The SMILES string of the molecule is CC(C)CC(NC(=S)NCCNC(=O)OC(C)(C)C)C(=O)O. The lowest BCUT2D eigenvalue weighted by atomic mass is 10.0. The van der Waals surface area contributed by atoms with E-state index in [1.807, 2.05) is 13.8 Å². The standard InChI is InChI=1S/C14H27N3O4S/c1-9(2)8-10(11(18)19)17-12(22)15-6-7-16-13(20)21-14(3,4)5/h9-10H,6-8H2,1-5H3,(H,16,20)(H,18,19)(H2,15,17,22). The van der Waals surface area contributed by atoms with E-state index in [2.05, 4.69) is 16.0 Å². The molecule has 128 valence electrons. The number of alkyl carbamates (subject to hydrolysis) is 1. The van der Waals surface area contributed by atoms with Crippen molar-refractivity contribution in [3.05, 3.63) is 0 Å². The van der Waals surface area contributed by atoms with Crippen molar-refractivity contribution in [1.82, 2.24) is 16.0 Å². The quantitative estimate of drug-likeness (QED) is 0.413. The van der Waals surface area contributed by atoms with Crippen LogP contribution < -0.4 is 16.0 Å². The Kier molecular flexibility index (Phi) is 8.77. The molecule has 0 aromatic carbocycles. The van der Waals surface area contributed by atoms with Crippen LogP contribution in [0.4, 0.5) is 4.79 Å². The Labute approximate surface area is 137 Å². The first-order chi connectivity index (χ1) is 10.0. The largest absolute Gasteiger partial charge is 0.480 e. The highest BCUT2D eigenvalue weighted by molar-refractivity contribution is 7.80. The van der Waals surface area contributed by atoms with Crippen LogP contribution in [0.15, 0.2) is 0 Å². The zero-order chi connectivity index (χ0) is 17.3. The Morgan fingerprint density at radius 2 is 1.73 bits per heavy atom. The third-order valence-electron chi connectivity index (χ3n) is 2.39. The van der Waals surface area contributed by atoms with Crippen molar-refractivity contribution in [1.29, 1.82) is 0 Å². The molecule has 0 aromatic rings. The average molecular weight is 333 g/mol. The number of carbonyl (C=O) groups is 2. The van der Waals surface area contributed by atoms with E-state index in [4.69, 9.17) is 22.1 Å². The average Bonchev–Trinajstić information content (AvgIpc) is 2.31. The molecule has 4 N–H and O–H groups in total. The van der Waals surface area contributed by atoms with Crippen molar-refractivity contribution in [3.8, 4) is 0 Å². The van der Waals surface area contributed by atoms with Gasteiger partial charge in [-0.25, -0.2) is 9.59 Å². The van der Waals surface area contributed by atoms with Crippen LogP contribution in [0.1, 0.15) is 41.0 Å². The van der Waals surface area contributed by atoms with Gasteiger partial charge in [0.25, 0.3) is 0 Å². The third-order valence-corrected chi connectivity index (χ3v) is 2.65. The van der Waals surface area contributed by atoms with Gasteiger partial charge < -0.3 is 25.8 Å². The molecule has 0 bridgehead atoms. The topological polar surface area (TPSA) is 99.7 Å². The Bertz CT molecular complexity index is 394.